The summed E-state index contributed by atoms with van der Waals surface area (Å²) in [5, 5.41) is 0. The Balaban J connectivity index is 1.40. The van der Waals surface area contributed by atoms with Gasteiger partial charge in [-0.3, -0.25) is 0 Å². The molecule has 3 aromatic rings. The van der Waals surface area contributed by atoms with Gasteiger partial charge in [-0.25, -0.2) is 0 Å². The highest BCUT2D eigenvalue weighted by Gasteiger charge is 2.34. The van der Waals surface area contributed by atoms with Crippen LogP contribution in [0.15, 0.2) is 78.9 Å². The Labute approximate surface area is 189 Å². The first-order valence-corrected chi connectivity index (χ1v) is 11.4. The van der Waals surface area contributed by atoms with Crippen molar-refractivity contribution >= 4 is 6.08 Å². The molecule has 0 bridgehead atoms. The van der Waals surface area contributed by atoms with Gasteiger partial charge in [-0.15, -0.1) is 0 Å². The second kappa shape index (κ2) is 9.68. The predicted molar refractivity (Wildman–Crippen MR) is 128 cm³/mol. The van der Waals surface area contributed by atoms with E-state index in [9.17, 15) is 8.78 Å². The number of ether oxygens (including phenoxy) is 1. The van der Waals surface area contributed by atoms with Crippen LogP contribution in [0.4, 0.5) is 8.78 Å². The van der Waals surface area contributed by atoms with Crippen LogP contribution in [0.1, 0.15) is 49.3 Å². The molecule has 0 aliphatic heterocycles. The maximum absolute atomic E-state index is 14.6. The molecular weight excluding hydrogens is 402 g/mol. The van der Waals surface area contributed by atoms with Crippen LogP contribution in [0.5, 0.6) is 5.75 Å². The van der Waals surface area contributed by atoms with Crippen LogP contribution < -0.4 is 4.74 Å². The van der Waals surface area contributed by atoms with E-state index < -0.39 is 6.11 Å². The van der Waals surface area contributed by atoms with Gasteiger partial charge in [0.05, 0.1) is 5.56 Å². The lowest BCUT2D eigenvalue weighted by molar-refractivity contribution is -0.185. The van der Waals surface area contributed by atoms with Crippen molar-refractivity contribution in [3.63, 3.8) is 0 Å². The molecule has 3 aromatic carbocycles. The van der Waals surface area contributed by atoms with E-state index in [2.05, 4.69) is 31.2 Å². The summed E-state index contributed by atoms with van der Waals surface area (Å²) in [5.74, 6) is 1.69. The standard InChI is InChI=1S/C29H30F2O/c1-21-3-7-23(8-4-21)9-10-24-11-13-25(14-12-24)26-15-17-27(18-16-26)29(30,31)32-28-19-5-22(2)6-20-28/h5-6,9-21,23H,3-4,7-8H2,1-2H3/b10-9+. The van der Waals surface area contributed by atoms with Gasteiger partial charge in [0.2, 0.25) is 0 Å². The molecule has 0 saturated heterocycles. The zero-order valence-electron chi connectivity index (χ0n) is 18.7. The summed E-state index contributed by atoms with van der Waals surface area (Å²) in [4.78, 5) is 0. The van der Waals surface area contributed by atoms with Gasteiger partial charge in [-0.1, -0.05) is 86.0 Å². The van der Waals surface area contributed by atoms with Crippen molar-refractivity contribution in [2.45, 2.75) is 45.6 Å². The van der Waals surface area contributed by atoms with Crippen LogP contribution in [0.2, 0.25) is 0 Å². The van der Waals surface area contributed by atoms with Crippen molar-refractivity contribution < 1.29 is 13.5 Å². The lowest BCUT2D eigenvalue weighted by atomic mass is 9.83. The summed E-state index contributed by atoms with van der Waals surface area (Å²) < 4.78 is 34.1. The molecule has 0 atom stereocenters. The molecule has 32 heavy (non-hydrogen) atoms. The molecule has 0 unspecified atom stereocenters. The SMILES string of the molecule is Cc1ccc(OC(F)(F)c2ccc(-c3ccc(/C=C/C4CCC(C)CC4)cc3)cc2)cc1. The number of aryl methyl sites for hydroxylation is 1. The number of rotatable bonds is 6. The molecule has 1 aliphatic carbocycles. The molecule has 0 amide bonds. The molecule has 0 spiro atoms. The number of allylic oxidation sites excluding steroid dienone is 1. The minimum Gasteiger partial charge on any atom is -0.429 e. The minimum absolute atomic E-state index is 0.149. The van der Waals surface area contributed by atoms with Gasteiger partial charge >= 0.3 is 6.11 Å². The van der Waals surface area contributed by atoms with Crippen molar-refractivity contribution in [2.24, 2.45) is 11.8 Å². The second-order valence-electron chi connectivity index (χ2n) is 9.01. The number of hydrogen-bond acceptors (Lipinski definition) is 1. The Hall–Kier alpha value is -2.94. The van der Waals surface area contributed by atoms with Gasteiger partial charge in [0.25, 0.3) is 0 Å². The first-order valence-electron chi connectivity index (χ1n) is 11.4. The number of hydrogen-bond donors (Lipinski definition) is 0. The predicted octanol–water partition coefficient (Wildman–Crippen LogP) is 8.63. The number of benzene rings is 3. The topological polar surface area (TPSA) is 9.23 Å². The van der Waals surface area contributed by atoms with Crippen molar-refractivity contribution in [2.75, 3.05) is 0 Å². The Morgan fingerprint density at radius 2 is 1.34 bits per heavy atom. The number of halogens is 2. The smallest absolute Gasteiger partial charge is 0.426 e. The highest BCUT2D eigenvalue weighted by atomic mass is 19.3. The summed E-state index contributed by atoms with van der Waals surface area (Å²) >= 11 is 0. The largest absolute Gasteiger partial charge is 0.429 e. The van der Waals surface area contributed by atoms with Crippen LogP contribution >= 0.6 is 0 Å². The lowest BCUT2D eigenvalue weighted by Gasteiger charge is -2.23. The zero-order chi connectivity index (χ0) is 22.6. The third kappa shape index (κ3) is 5.64. The molecule has 0 aromatic heterocycles. The fourth-order valence-corrected chi connectivity index (χ4v) is 4.18. The molecule has 1 aliphatic rings. The highest BCUT2D eigenvalue weighted by Crippen LogP contribution is 2.33. The first kappa shape index (κ1) is 22.3. The van der Waals surface area contributed by atoms with Crippen LogP contribution in [-0.4, -0.2) is 0 Å². The minimum atomic E-state index is -3.39. The summed E-state index contributed by atoms with van der Waals surface area (Å²) in [6.45, 7) is 4.24. The Bertz CT molecular complexity index is 1030. The lowest BCUT2D eigenvalue weighted by Crippen LogP contribution is -2.21. The average molecular weight is 433 g/mol. The van der Waals surface area contributed by atoms with E-state index in [4.69, 9.17) is 4.74 Å². The molecule has 1 fully saturated rings. The molecule has 4 rings (SSSR count). The molecule has 0 N–H and O–H groups in total. The van der Waals surface area contributed by atoms with E-state index in [1.165, 1.54) is 43.4 Å². The Morgan fingerprint density at radius 3 is 1.94 bits per heavy atom. The van der Waals surface area contributed by atoms with Crippen LogP contribution in [-0.2, 0) is 6.11 Å². The molecule has 1 nitrogen and oxygen atoms in total. The van der Waals surface area contributed by atoms with Crippen molar-refractivity contribution in [3.8, 4) is 16.9 Å². The van der Waals surface area contributed by atoms with E-state index in [0.717, 1.165) is 22.6 Å². The third-order valence-electron chi connectivity index (χ3n) is 6.35. The van der Waals surface area contributed by atoms with Gasteiger partial charge in [0.15, 0.2) is 0 Å². The zero-order valence-corrected chi connectivity index (χ0v) is 18.7. The summed E-state index contributed by atoms with van der Waals surface area (Å²) in [6.07, 6.45) is 6.35. The van der Waals surface area contributed by atoms with Crippen molar-refractivity contribution in [1.82, 2.24) is 0 Å². The molecule has 0 heterocycles. The van der Waals surface area contributed by atoms with Crippen molar-refractivity contribution in [1.29, 1.82) is 0 Å². The monoisotopic (exact) mass is 432 g/mol. The summed E-state index contributed by atoms with van der Waals surface area (Å²) in [7, 11) is 0. The molecular formula is C29H30F2O. The third-order valence-corrected chi connectivity index (χ3v) is 6.35. The molecule has 0 radical (unpaired) electrons. The fraction of sp³-hybridized carbons (Fsp3) is 0.310. The highest BCUT2D eigenvalue weighted by molar-refractivity contribution is 5.66. The molecule has 3 heteroatoms. The van der Waals surface area contributed by atoms with E-state index in [0.29, 0.717) is 5.92 Å². The second-order valence-corrected chi connectivity index (χ2v) is 9.01. The average Bonchev–Trinajstić information content (AvgIpc) is 2.81. The van der Waals surface area contributed by atoms with Crippen LogP contribution in [0.25, 0.3) is 17.2 Å². The van der Waals surface area contributed by atoms with Gasteiger partial charge in [0, 0.05) is 0 Å². The number of alkyl halides is 2. The maximum atomic E-state index is 14.6. The Kier molecular flexibility index (Phi) is 6.74. The van der Waals surface area contributed by atoms with E-state index in [-0.39, 0.29) is 11.3 Å². The summed E-state index contributed by atoms with van der Waals surface area (Å²) in [6, 6.07) is 21.2. The normalized spacial score (nSPS) is 19.2. The summed E-state index contributed by atoms with van der Waals surface area (Å²) in [5.41, 5.74) is 3.90. The van der Waals surface area contributed by atoms with Crippen molar-refractivity contribution in [3.05, 3.63) is 95.6 Å². The van der Waals surface area contributed by atoms with E-state index in [1.807, 2.05) is 19.1 Å². The van der Waals surface area contributed by atoms with Gasteiger partial charge in [-0.2, -0.15) is 8.78 Å². The van der Waals surface area contributed by atoms with Gasteiger partial charge < -0.3 is 4.74 Å². The van der Waals surface area contributed by atoms with E-state index in [1.54, 1.807) is 36.4 Å². The van der Waals surface area contributed by atoms with E-state index >= 15 is 0 Å². The fourth-order valence-electron chi connectivity index (χ4n) is 4.18. The van der Waals surface area contributed by atoms with Crippen LogP contribution in [0.3, 0.4) is 0 Å². The molecule has 166 valence electrons. The Morgan fingerprint density at radius 1 is 0.781 bits per heavy atom. The van der Waals surface area contributed by atoms with Gasteiger partial charge in [0.1, 0.15) is 5.75 Å². The van der Waals surface area contributed by atoms with Crippen LogP contribution in [0, 0.1) is 18.8 Å². The quantitative estimate of drug-likeness (QED) is 0.379. The van der Waals surface area contributed by atoms with Gasteiger partial charge in [-0.05, 0) is 72.6 Å². The molecule has 1 saturated carbocycles. The first-order chi connectivity index (χ1) is 15.4. The maximum Gasteiger partial charge on any atom is 0.426 e.